The number of halogens is 3. The van der Waals surface area contributed by atoms with E-state index in [0.29, 0.717) is 50.4 Å². The van der Waals surface area contributed by atoms with E-state index in [4.69, 9.17) is 47.9 Å². The molecule has 3 aromatic carbocycles. The number of methoxy groups -OCH3 is 1. The van der Waals surface area contributed by atoms with Gasteiger partial charge in [0.05, 0.1) is 49.4 Å². The van der Waals surface area contributed by atoms with E-state index in [1.165, 1.54) is 24.4 Å². The molecule has 0 bridgehead atoms. The summed E-state index contributed by atoms with van der Waals surface area (Å²) in [5, 5.41) is 6.29. The van der Waals surface area contributed by atoms with Gasteiger partial charge < -0.3 is 24.7 Å². The number of amides is 2. The van der Waals surface area contributed by atoms with Crippen molar-refractivity contribution in [3.05, 3.63) is 82.2 Å². The molecule has 1 aliphatic rings. The standard InChI is InChI=1S/C31H30Cl2FN5O5/c1-41-29-17-23-26(18-30(29)43-12-2-9-38-10-13-42-14-11-38)36-8-7-27(23)44-28-6-5-22(16-25(28)34)39(31(35)40)37-19-20-3-4-21(32)15-24(20)33/h3-8,15-19H,2,9-14H2,1H3,(H2,35,40). The fourth-order valence-corrected chi connectivity index (χ4v) is 5.04. The van der Waals surface area contributed by atoms with Crippen LogP contribution in [0, 0.1) is 5.82 Å². The minimum Gasteiger partial charge on any atom is -0.493 e. The van der Waals surface area contributed by atoms with E-state index in [0.717, 1.165) is 50.3 Å². The number of fused-ring (bicyclic) bond motifs is 1. The van der Waals surface area contributed by atoms with Crippen molar-refractivity contribution in [2.45, 2.75) is 6.42 Å². The van der Waals surface area contributed by atoms with Gasteiger partial charge in [0.1, 0.15) is 5.75 Å². The normalized spacial score (nSPS) is 13.7. The monoisotopic (exact) mass is 641 g/mol. The van der Waals surface area contributed by atoms with Crippen molar-refractivity contribution in [1.29, 1.82) is 0 Å². The molecule has 2 N–H and O–H groups in total. The quantitative estimate of drug-likeness (QED) is 0.113. The van der Waals surface area contributed by atoms with Crippen molar-refractivity contribution < 1.29 is 28.1 Å². The van der Waals surface area contributed by atoms with Crippen LogP contribution in [-0.2, 0) is 4.74 Å². The zero-order valence-corrected chi connectivity index (χ0v) is 25.4. The summed E-state index contributed by atoms with van der Waals surface area (Å²) < 4.78 is 38.2. The number of hydrogen-bond acceptors (Lipinski definition) is 8. The van der Waals surface area contributed by atoms with E-state index < -0.39 is 11.8 Å². The number of aromatic nitrogens is 1. The predicted molar refractivity (Wildman–Crippen MR) is 168 cm³/mol. The minimum atomic E-state index is -0.925. The van der Waals surface area contributed by atoms with E-state index in [1.807, 2.05) is 0 Å². The van der Waals surface area contributed by atoms with Gasteiger partial charge in [-0.25, -0.2) is 9.18 Å². The van der Waals surface area contributed by atoms with Crippen molar-refractivity contribution in [2.24, 2.45) is 10.8 Å². The highest BCUT2D eigenvalue weighted by Crippen LogP contribution is 2.38. The Morgan fingerprint density at radius 1 is 1.09 bits per heavy atom. The second kappa shape index (κ2) is 14.5. The molecule has 0 radical (unpaired) electrons. The van der Waals surface area contributed by atoms with Gasteiger partial charge in [-0.2, -0.15) is 10.1 Å². The van der Waals surface area contributed by atoms with Crippen LogP contribution in [0.3, 0.4) is 0 Å². The molecular weight excluding hydrogens is 612 g/mol. The van der Waals surface area contributed by atoms with Crippen LogP contribution in [0.2, 0.25) is 10.0 Å². The lowest BCUT2D eigenvalue weighted by Gasteiger charge is -2.26. The number of nitrogens with zero attached hydrogens (tertiary/aromatic N) is 4. The molecule has 1 aromatic heterocycles. The van der Waals surface area contributed by atoms with Crippen LogP contribution >= 0.6 is 23.2 Å². The third kappa shape index (κ3) is 7.67. The first kappa shape index (κ1) is 31.3. The van der Waals surface area contributed by atoms with E-state index in [1.54, 1.807) is 43.6 Å². The zero-order chi connectivity index (χ0) is 31.1. The lowest BCUT2D eigenvalue weighted by molar-refractivity contribution is 0.0357. The number of carbonyl (C=O) groups excluding carboxylic acids is 1. The molecule has 2 heterocycles. The van der Waals surface area contributed by atoms with Gasteiger partial charge in [-0.3, -0.25) is 9.88 Å². The van der Waals surface area contributed by atoms with Crippen molar-refractivity contribution in [3.63, 3.8) is 0 Å². The summed E-state index contributed by atoms with van der Waals surface area (Å²) in [6.07, 6.45) is 3.73. The number of pyridine rings is 1. The topological polar surface area (TPSA) is 112 Å². The Morgan fingerprint density at radius 3 is 2.64 bits per heavy atom. The van der Waals surface area contributed by atoms with Crippen LogP contribution in [0.1, 0.15) is 12.0 Å². The highest BCUT2D eigenvalue weighted by Gasteiger charge is 2.17. The van der Waals surface area contributed by atoms with Crippen LogP contribution in [0.25, 0.3) is 10.9 Å². The van der Waals surface area contributed by atoms with Gasteiger partial charge in [0, 0.05) is 53.9 Å². The summed E-state index contributed by atoms with van der Waals surface area (Å²) in [5.41, 5.74) is 6.67. The van der Waals surface area contributed by atoms with Gasteiger partial charge in [-0.1, -0.05) is 29.3 Å². The molecule has 0 spiro atoms. The maximum atomic E-state index is 15.3. The number of ether oxygens (including phenoxy) is 4. The number of carbonyl (C=O) groups is 1. The molecule has 5 rings (SSSR count). The number of anilines is 1. The Bertz CT molecular complexity index is 1670. The largest absolute Gasteiger partial charge is 0.493 e. The van der Waals surface area contributed by atoms with Crippen LogP contribution < -0.4 is 25.0 Å². The number of morpholine rings is 1. The molecule has 4 aromatic rings. The van der Waals surface area contributed by atoms with E-state index in [9.17, 15) is 4.79 Å². The zero-order valence-electron chi connectivity index (χ0n) is 23.8. The lowest BCUT2D eigenvalue weighted by Crippen LogP contribution is -2.37. The predicted octanol–water partition coefficient (Wildman–Crippen LogP) is 6.50. The van der Waals surface area contributed by atoms with Crippen molar-refractivity contribution >= 4 is 52.0 Å². The van der Waals surface area contributed by atoms with Gasteiger partial charge in [-0.05, 0) is 42.8 Å². The lowest BCUT2D eigenvalue weighted by atomic mass is 10.1. The van der Waals surface area contributed by atoms with Crippen LogP contribution in [0.5, 0.6) is 23.0 Å². The minimum absolute atomic E-state index is 0.0837. The Balaban J connectivity index is 1.31. The highest BCUT2D eigenvalue weighted by atomic mass is 35.5. The average Bonchev–Trinajstić information content (AvgIpc) is 3.01. The maximum Gasteiger partial charge on any atom is 0.340 e. The van der Waals surface area contributed by atoms with Crippen molar-refractivity contribution in [1.82, 2.24) is 9.88 Å². The van der Waals surface area contributed by atoms with Crippen LogP contribution in [-0.4, -0.2) is 68.7 Å². The molecule has 1 fully saturated rings. The number of benzene rings is 3. The van der Waals surface area contributed by atoms with Gasteiger partial charge in [0.15, 0.2) is 23.1 Å². The van der Waals surface area contributed by atoms with Crippen molar-refractivity contribution in [2.75, 3.05) is 51.6 Å². The Kier molecular flexibility index (Phi) is 10.3. The van der Waals surface area contributed by atoms with Gasteiger partial charge in [0.25, 0.3) is 0 Å². The van der Waals surface area contributed by atoms with Crippen molar-refractivity contribution in [3.8, 4) is 23.0 Å². The van der Waals surface area contributed by atoms with Crippen LogP contribution in [0.4, 0.5) is 14.9 Å². The Hall–Kier alpha value is -4.16. The summed E-state index contributed by atoms with van der Waals surface area (Å²) in [5.74, 6) is 0.562. The Labute approximate surface area is 263 Å². The molecule has 13 heteroatoms. The van der Waals surface area contributed by atoms with E-state index >= 15 is 4.39 Å². The van der Waals surface area contributed by atoms with Gasteiger partial charge in [-0.15, -0.1) is 0 Å². The third-order valence-electron chi connectivity index (χ3n) is 6.83. The molecule has 1 saturated heterocycles. The third-order valence-corrected chi connectivity index (χ3v) is 7.39. The summed E-state index contributed by atoms with van der Waals surface area (Å²) in [6.45, 7) is 4.78. The average molecular weight is 643 g/mol. The SMILES string of the molecule is COc1cc2c(Oc3ccc(N(N=Cc4ccc(Cl)cc4Cl)C(N)=O)cc3F)ccnc2cc1OCCCN1CCOCC1. The van der Waals surface area contributed by atoms with Crippen LogP contribution in [0.15, 0.2) is 65.9 Å². The second-order valence-electron chi connectivity index (χ2n) is 9.76. The highest BCUT2D eigenvalue weighted by molar-refractivity contribution is 6.36. The fourth-order valence-electron chi connectivity index (χ4n) is 4.58. The molecule has 0 unspecified atom stereocenters. The van der Waals surface area contributed by atoms with E-state index in [2.05, 4.69) is 15.0 Å². The molecule has 10 nitrogen and oxygen atoms in total. The second-order valence-corrected chi connectivity index (χ2v) is 10.6. The first-order valence-electron chi connectivity index (χ1n) is 13.8. The molecule has 0 atom stereocenters. The molecule has 0 saturated carbocycles. The fraction of sp³-hybridized carbons (Fsp3) is 0.258. The van der Waals surface area contributed by atoms with E-state index in [-0.39, 0.29) is 11.4 Å². The summed E-state index contributed by atoms with van der Waals surface area (Å²) in [6, 6.07) is 12.9. The smallest absolute Gasteiger partial charge is 0.340 e. The molecule has 44 heavy (non-hydrogen) atoms. The number of nitrogens with two attached hydrogens (primary N) is 1. The molecule has 230 valence electrons. The first-order valence-corrected chi connectivity index (χ1v) is 14.5. The molecule has 2 amide bonds. The molecular formula is C31H30Cl2FN5O5. The number of hydrazone groups is 1. The Morgan fingerprint density at radius 2 is 1.91 bits per heavy atom. The first-order chi connectivity index (χ1) is 21.3. The number of primary amides is 1. The summed E-state index contributed by atoms with van der Waals surface area (Å²) in [4.78, 5) is 18.9. The summed E-state index contributed by atoms with van der Waals surface area (Å²) in [7, 11) is 1.55. The molecule has 1 aliphatic heterocycles. The van der Waals surface area contributed by atoms with Gasteiger partial charge in [0.2, 0.25) is 0 Å². The number of rotatable bonds is 11. The number of urea groups is 1. The van der Waals surface area contributed by atoms with Gasteiger partial charge >= 0.3 is 6.03 Å². The molecule has 0 aliphatic carbocycles. The number of hydrogen-bond donors (Lipinski definition) is 1. The maximum absolute atomic E-state index is 15.3. The summed E-state index contributed by atoms with van der Waals surface area (Å²) >= 11 is 12.1.